The van der Waals surface area contributed by atoms with Crippen molar-refractivity contribution in [2.75, 3.05) is 7.11 Å². The van der Waals surface area contributed by atoms with Gasteiger partial charge in [-0.05, 0) is 62.1 Å². The molecule has 9 nitrogen and oxygen atoms in total. The number of methoxy groups -OCH3 is 1. The van der Waals surface area contributed by atoms with E-state index in [1.165, 1.54) is 7.11 Å². The van der Waals surface area contributed by atoms with E-state index in [0.29, 0.717) is 39.5 Å². The maximum Gasteiger partial charge on any atom is 2.00 e. The maximum absolute atomic E-state index is 14.0. The van der Waals surface area contributed by atoms with E-state index in [2.05, 4.69) is 25.4 Å². The van der Waals surface area contributed by atoms with Gasteiger partial charge >= 0.3 is 35.0 Å². The fourth-order valence-electron chi connectivity index (χ4n) is 7.01. The minimum Gasteiger partial charge on any atom is -0.664 e. The monoisotopic (exact) mass is 615 g/mol. The van der Waals surface area contributed by atoms with Crippen LogP contribution in [0.1, 0.15) is 87.6 Å². The van der Waals surface area contributed by atoms with Crippen LogP contribution >= 0.6 is 0 Å². The van der Waals surface area contributed by atoms with Crippen LogP contribution in [0.15, 0.2) is 18.0 Å². The maximum atomic E-state index is 14.0. The van der Waals surface area contributed by atoms with Gasteiger partial charge in [-0.1, -0.05) is 61.4 Å². The molecule has 3 aliphatic rings. The molecule has 0 unspecified atom stereocenters. The molecule has 0 spiro atoms. The molecule has 0 radical (unpaired) electrons. The summed E-state index contributed by atoms with van der Waals surface area (Å²) in [6.45, 7) is 14.1. The molecular weight excluding hydrogens is 581 g/mol. The van der Waals surface area contributed by atoms with Crippen molar-refractivity contribution in [2.45, 2.75) is 53.9 Å². The molecular formula is C35H35MgN4O5-. The first-order valence-electron chi connectivity index (χ1n) is 14.9. The van der Waals surface area contributed by atoms with Gasteiger partial charge in [-0.3, -0.25) is 14.4 Å². The van der Waals surface area contributed by atoms with Gasteiger partial charge in [-0.2, -0.15) is 11.4 Å². The van der Waals surface area contributed by atoms with Gasteiger partial charge in [-0.25, -0.2) is 0 Å². The van der Waals surface area contributed by atoms with Gasteiger partial charge in [0.2, 0.25) is 0 Å². The van der Waals surface area contributed by atoms with Gasteiger partial charge in [0.05, 0.1) is 7.11 Å². The molecule has 0 aromatic carbocycles. The molecule has 2 aliphatic heterocycles. The predicted octanol–water partition coefficient (Wildman–Crippen LogP) is 3.89. The number of allylic oxidation sites excluding steroid dienone is 2. The van der Waals surface area contributed by atoms with Crippen molar-refractivity contribution < 1.29 is 24.2 Å². The van der Waals surface area contributed by atoms with Gasteiger partial charge in [0, 0.05) is 22.7 Å². The first-order valence-corrected chi connectivity index (χ1v) is 14.9. The fraction of sp³-hybridized carbons (Fsp3) is 0.343. The van der Waals surface area contributed by atoms with E-state index in [9.17, 15) is 19.5 Å². The Balaban J connectivity index is 0.00000400. The van der Waals surface area contributed by atoms with Gasteiger partial charge < -0.3 is 30.1 Å². The molecule has 3 aromatic heterocycles. The van der Waals surface area contributed by atoms with E-state index in [-0.39, 0.29) is 53.5 Å². The average Bonchev–Trinajstić information content (AvgIpc) is 3.72. The molecule has 0 amide bonds. The van der Waals surface area contributed by atoms with E-state index < -0.39 is 17.9 Å². The van der Waals surface area contributed by atoms with E-state index in [4.69, 9.17) is 20.0 Å². The number of carbonyl (C=O) groups excluding carboxylic acids is 2. The van der Waals surface area contributed by atoms with Crippen molar-refractivity contribution in [1.29, 1.82) is 0 Å². The Labute approximate surface area is 277 Å². The van der Waals surface area contributed by atoms with Crippen molar-refractivity contribution in [3.63, 3.8) is 0 Å². The Morgan fingerprint density at radius 1 is 1.04 bits per heavy atom. The summed E-state index contributed by atoms with van der Waals surface area (Å²) < 4.78 is 5.12. The number of aliphatic carboxylic acids is 1. The third-order valence-electron chi connectivity index (χ3n) is 9.49. The molecule has 228 valence electrons. The third-order valence-corrected chi connectivity index (χ3v) is 9.49. The SMILES string of the molecule is C=Cc1c2[n-]c(c1C)/C=C1\[N-]/C(=C3\c4[n-]c(c(C)c4C(=O)[C@@H]3C(=O)OC)/C=c3\[nH]/c(c(C)c3CC)=C\2)[C@@H](CCC(=O)O)[C@@H]1C.[Mg+2]. The zero-order valence-electron chi connectivity index (χ0n) is 26.5. The molecule has 5 heterocycles. The fourth-order valence-corrected chi connectivity index (χ4v) is 7.01. The van der Waals surface area contributed by atoms with E-state index in [1.54, 1.807) is 6.08 Å². The minimum absolute atomic E-state index is 0. The Morgan fingerprint density at radius 3 is 2.38 bits per heavy atom. The number of nitrogens with one attached hydrogen (secondary N) is 1. The molecule has 45 heavy (non-hydrogen) atoms. The van der Waals surface area contributed by atoms with E-state index >= 15 is 0 Å². The Kier molecular flexibility index (Phi) is 8.67. The largest absolute Gasteiger partial charge is 2.00 e. The third kappa shape index (κ3) is 5.04. The number of hydrogen-bond donors (Lipinski definition) is 2. The number of aromatic amines is 1. The summed E-state index contributed by atoms with van der Waals surface area (Å²) in [5.41, 5.74) is 9.33. The van der Waals surface area contributed by atoms with Crippen LogP contribution in [0.5, 0.6) is 0 Å². The average molecular weight is 616 g/mol. The zero-order chi connectivity index (χ0) is 31.6. The van der Waals surface area contributed by atoms with Crippen LogP contribution in [-0.4, -0.2) is 58.0 Å². The summed E-state index contributed by atoms with van der Waals surface area (Å²) in [5.74, 6) is -3.78. The van der Waals surface area contributed by atoms with E-state index in [0.717, 1.165) is 50.8 Å². The molecule has 1 saturated heterocycles. The smallest absolute Gasteiger partial charge is 0.664 e. The number of carbonyl (C=O) groups is 3. The molecule has 3 aromatic rings. The second-order valence-corrected chi connectivity index (χ2v) is 11.8. The molecule has 2 N–H and O–H groups in total. The second-order valence-electron chi connectivity index (χ2n) is 11.8. The standard InChI is InChI=1S/C35H37N4O5.Mg/c1-8-19-15(3)22-12-24-17(5)21(10-11-28(40)41)32(38-24)30-31(35(43)44-7)34(42)29-18(6)25(39-33(29)30)14-27-20(9-2)16(4)23(37-27)13-26(19)36-22;/h8,12-14,17,21,31,37H,1,9-11H2,2-7H3,(H3,38,39,40,41,42);/q-1;+2/p-2/b23-13-,24-12-,27-14-;/t17-,21-,31+;/m0./s1. The summed E-state index contributed by atoms with van der Waals surface area (Å²) in [6, 6.07) is 0. The molecule has 3 atom stereocenters. The van der Waals surface area contributed by atoms with Crippen LogP contribution in [0.25, 0.3) is 35.2 Å². The molecule has 10 heteroatoms. The summed E-state index contributed by atoms with van der Waals surface area (Å²) in [7, 11) is 1.26. The van der Waals surface area contributed by atoms with Crippen molar-refractivity contribution in [3.8, 4) is 0 Å². The first-order chi connectivity index (χ1) is 21.0. The molecule has 8 bridgehead atoms. The number of ether oxygens (including phenoxy) is 1. The van der Waals surface area contributed by atoms with Crippen LogP contribution in [-0.2, 0) is 20.7 Å². The number of nitrogens with zero attached hydrogens (tertiary/aromatic N) is 3. The predicted molar refractivity (Wildman–Crippen MR) is 174 cm³/mol. The van der Waals surface area contributed by atoms with Crippen LogP contribution in [0, 0.1) is 38.5 Å². The topological polar surface area (TPSA) is 139 Å². The number of aromatic nitrogens is 3. The molecule has 1 aliphatic carbocycles. The van der Waals surface area contributed by atoms with Crippen molar-refractivity contribution in [1.82, 2.24) is 15.0 Å². The number of Topliss-reactive ketones (excluding diaryl/α,β-unsaturated/α-hetero) is 1. The number of ketones is 1. The van der Waals surface area contributed by atoms with Gasteiger partial charge in [0.15, 0.2) is 5.78 Å². The number of carboxylic acids is 1. The Morgan fingerprint density at radius 2 is 1.73 bits per heavy atom. The van der Waals surface area contributed by atoms with Crippen molar-refractivity contribution in [3.05, 3.63) is 90.1 Å². The number of H-pyrrole nitrogens is 1. The number of carboxylic acid groups (broad SMARTS) is 1. The normalized spacial score (nSPS) is 24.0. The molecule has 1 fully saturated rings. The van der Waals surface area contributed by atoms with Crippen LogP contribution < -0.4 is 20.7 Å². The minimum atomic E-state index is -1.22. The summed E-state index contributed by atoms with van der Waals surface area (Å²) in [5, 5.41) is 16.4. The number of fused-ring (bicyclic) bond motifs is 7. The van der Waals surface area contributed by atoms with Crippen LogP contribution in [0.2, 0.25) is 0 Å². The molecule has 6 rings (SSSR count). The van der Waals surface area contributed by atoms with Crippen molar-refractivity contribution >= 4 is 70.7 Å². The first kappa shape index (κ1) is 32.4. The van der Waals surface area contributed by atoms with Crippen LogP contribution in [0.3, 0.4) is 0 Å². The Bertz CT molecular complexity index is 1970. The van der Waals surface area contributed by atoms with E-state index in [1.807, 2.05) is 39.0 Å². The number of rotatable bonds is 6. The van der Waals surface area contributed by atoms with Crippen molar-refractivity contribution in [2.24, 2.45) is 17.8 Å². The van der Waals surface area contributed by atoms with Gasteiger partial charge in [0.25, 0.3) is 0 Å². The summed E-state index contributed by atoms with van der Waals surface area (Å²) >= 11 is 0. The second kappa shape index (κ2) is 12.1. The number of hydrogen-bond acceptors (Lipinski definition) is 4. The quantitative estimate of drug-likeness (QED) is 0.244. The van der Waals surface area contributed by atoms with Crippen LogP contribution in [0.4, 0.5) is 0 Å². The zero-order valence-corrected chi connectivity index (χ0v) is 27.9. The Hall–Kier alpha value is -4.02. The summed E-state index contributed by atoms with van der Waals surface area (Å²) in [4.78, 5) is 52.4. The van der Waals surface area contributed by atoms with Gasteiger partial charge in [-0.15, -0.1) is 22.8 Å². The molecule has 0 saturated carbocycles. The number of esters is 1. The summed E-state index contributed by atoms with van der Waals surface area (Å²) in [6.07, 6.45) is 8.69. The van der Waals surface area contributed by atoms with Gasteiger partial charge in [0.1, 0.15) is 5.92 Å².